The molecule has 0 aromatic heterocycles. The number of esters is 1. The number of likely N-dealkylation sites (tertiary alicyclic amines) is 1. The number of rotatable bonds is 16. The number of nitrogens with zero attached hydrogens (tertiary/aromatic N) is 2. The number of allylic oxidation sites excluding steroid dienone is 1. The molecule has 2 amide bonds. The van der Waals surface area contributed by atoms with E-state index >= 15 is 0 Å². The van der Waals surface area contributed by atoms with Gasteiger partial charge in [-0.15, -0.1) is 13.2 Å². The number of hydrogen-bond acceptors (Lipinski definition) is 6. The number of carbonyl (C=O) groups is 3. The number of unbranched alkanes of at least 4 members (excludes halogenated alkanes) is 4. The fraction of sp³-hybridized carbons (Fsp3) is 0.741. The van der Waals surface area contributed by atoms with Crippen LogP contribution in [0.4, 0.5) is 0 Å². The summed E-state index contributed by atoms with van der Waals surface area (Å²) in [6.07, 6.45) is 10.1. The molecule has 0 aromatic rings. The minimum absolute atomic E-state index is 0.0884. The molecule has 0 radical (unpaired) electrons. The van der Waals surface area contributed by atoms with Crippen molar-refractivity contribution in [1.82, 2.24) is 9.80 Å². The molecule has 0 aliphatic carbocycles. The van der Waals surface area contributed by atoms with Crippen LogP contribution < -0.4 is 0 Å². The quantitative estimate of drug-likeness (QED) is 0.203. The topological polar surface area (TPSA) is 96.4 Å². The molecule has 5 atom stereocenters. The van der Waals surface area contributed by atoms with Crippen molar-refractivity contribution in [3.8, 4) is 0 Å². The summed E-state index contributed by atoms with van der Waals surface area (Å²) in [7, 11) is 0. The molecule has 3 saturated heterocycles. The lowest BCUT2D eigenvalue weighted by atomic mass is 9.70. The van der Waals surface area contributed by atoms with Crippen LogP contribution in [-0.4, -0.2) is 83.3 Å². The number of fused-ring (bicyclic) bond motifs is 1. The predicted octanol–water partition coefficient (Wildman–Crippen LogP) is 2.85. The fourth-order valence-electron chi connectivity index (χ4n) is 6.01. The Morgan fingerprint density at radius 1 is 1.23 bits per heavy atom. The summed E-state index contributed by atoms with van der Waals surface area (Å²) in [6.45, 7) is 11.1. The van der Waals surface area contributed by atoms with Gasteiger partial charge >= 0.3 is 5.97 Å². The first-order valence-electron chi connectivity index (χ1n) is 13.2. The summed E-state index contributed by atoms with van der Waals surface area (Å²) in [5.74, 6) is -2.22. The number of ether oxygens (including phenoxy) is 2. The van der Waals surface area contributed by atoms with Crippen LogP contribution in [0.5, 0.6) is 0 Å². The van der Waals surface area contributed by atoms with Crippen LogP contribution >= 0.6 is 0 Å². The number of hydrogen-bond donors (Lipinski definition) is 1. The lowest BCUT2D eigenvalue weighted by molar-refractivity contribution is -0.155. The number of amides is 2. The molecule has 2 bridgehead atoms. The Morgan fingerprint density at radius 3 is 2.71 bits per heavy atom. The molecular formula is C27H42N2O6. The van der Waals surface area contributed by atoms with Gasteiger partial charge in [-0.2, -0.15) is 0 Å². The molecule has 1 spiro atoms. The maximum atomic E-state index is 13.9. The maximum Gasteiger partial charge on any atom is 0.312 e. The second kappa shape index (κ2) is 12.7. The Kier molecular flexibility index (Phi) is 9.92. The van der Waals surface area contributed by atoms with Gasteiger partial charge in [0.2, 0.25) is 11.8 Å². The Bertz CT molecular complexity index is 786. The van der Waals surface area contributed by atoms with Crippen LogP contribution in [0.2, 0.25) is 0 Å². The van der Waals surface area contributed by atoms with Crippen molar-refractivity contribution in [3.63, 3.8) is 0 Å². The summed E-state index contributed by atoms with van der Waals surface area (Å²) in [4.78, 5) is 44.1. The van der Waals surface area contributed by atoms with Gasteiger partial charge in [0.1, 0.15) is 11.6 Å². The highest BCUT2D eigenvalue weighted by Gasteiger charge is 2.74. The maximum absolute atomic E-state index is 13.9. The molecule has 3 rings (SSSR count). The summed E-state index contributed by atoms with van der Waals surface area (Å²) < 4.78 is 12.0. The molecule has 3 fully saturated rings. The smallest absolute Gasteiger partial charge is 0.312 e. The molecule has 0 saturated carbocycles. The standard InChI is InChI=1S/C27H42N2O6/c1-4-7-9-11-19-34-26(33)21-20-13-14-27(35-20)22(21)24(31)29(17-12-18-30)23(27)25(32)28(15-6-3)16-10-8-5-2/h4,6,20-23,30H,1,3,5,7-19H2,2H3/t20-,21+,22-,23?,27?/m0/s1. The molecule has 8 heteroatoms. The molecule has 3 heterocycles. The summed E-state index contributed by atoms with van der Waals surface area (Å²) in [5, 5.41) is 9.45. The van der Waals surface area contributed by atoms with Crippen molar-refractivity contribution in [3.05, 3.63) is 25.3 Å². The van der Waals surface area contributed by atoms with Crippen molar-refractivity contribution < 1.29 is 29.0 Å². The molecule has 3 aliphatic rings. The van der Waals surface area contributed by atoms with Gasteiger partial charge in [-0.05, 0) is 44.9 Å². The normalized spacial score (nSPS) is 28.7. The highest BCUT2D eigenvalue weighted by molar-refractivity contribution is 5.98. The molecule has 35 heavy (non-hydrogen) atoms. The largest absolute Gasteiger partial charge is 0.465 e. The first-order valence-corrected chi connectivity index (χ1v) is 13.2. The summed E-state index contributed by atoms with van der Waals surface area (Å²) in [5.41, 5.74) is -1.02. The Hall–Kier alpha value is -2.19. The van der Waals surface area contributed by atoms with E-state index in [1.54, 1.807) is 15.9 Å². The molecule has 3 aliphatic heterocycles. The summed E-state index contributed by atoms with van der Waals surface area (Å²) in [6, 6.07) is -0.802. The predicted molar refractivity (Wildman–Crippen MR) is 132 cm³/mol. The van der Waals surface area contributed by atoms with Gasteiger partial charge in [0.25, 0.3) is 0 Å². The second-order valence-electron chi connectivity index (χ2n) is 9.90. The SMILES string of the molecule is C=CCCCCOC(=O)[C@@H]1[C@@H]2CCC3(O2)C(C(=O)N(CC=C)CCCCC)N(CCCO)C(=O)[C@H]13. The van der Waals surface area contributed by atoms with Gasteiger partial charge < -0.3 is 24.4 Å². The lowest BCUT2D eigenvalue weighted by Crippen LogP contribution is -2.56. The van der Waals surface area contributed by atoms with Crippen molar-refractivity contribution in [2.75, 3.05) is 32.8 Å². The van der Waals surface area contributed by atoms with Crippen molar-refractivity contribution >= 4 is 17.8 Å². The van der Waals surface area contributed by atoms with Gasteiger partial charge in [-0.3, -0.25) is 14.4 Å². The Labute approximate surface area is 209 Å². The monoisotopic (exact) mass is 490 g/mol. The van der Waals surface area contributed by atoms with Crippen molar-refractivity contribution in [1.29, 1.82) is 0 Å². The van der Waals surface area contributed by atoms with Crippen LogP contribution in [0.1, 0.15) is 64.7 Å². The second-order valence-corrected chi connectivity index (χ2v) is 9.90. The lowest BCUT2D eigenvalue weighted by Gasteiger charge is -2.36. The Balaban J connectivity index is 1.84. The average Bonchev–Trinajstić information content (AvgIpc) is 3.49. The minimum Gasteiger partial charge on any atom is -0.465 e. The fourth-order valence-corrected chi connectivity index (χ4v) is 6.01. The van der Waals surface area contributed by atoms with E-state index in [1.807, 2.05) is 6.08 Å². The van der Waals surface area contributed by atoms with Crippen LogP contribution in [-0.2, 0) is 23.9 Å². The van der Waals surface area contributed by atoms with Gasteiger partial charge in [-0.1, -0.05) is 31.9 Å². The first kappa shape index (κ1) is 27.4. The Morgan fingerprint density at radius 2 is 2.03 bits per heavy atom. The van der Waals surface area contributed by atoms with E-state index in [9.17, 15) is 19.5 Å². The van der Waals surface area contributed by atoms with Crippen LogP contribution in [0.25, 0.3) is 0 Å². The van der Waals surface area contributed by atoms with E-state index in [-0.39, 0.29) is 25.0 Å². The molecule has 1 N–H and O–H groups in total. The zero-order valence-electron chi connectivity index (χ0n) is 21.2. The van der Waals surface area contributed by atoms with Crippen molar-refractivity contribution in [2.24, 2.45) is 11.8 Å². The van der Waals surface area contributed by atoms with Crippen LogP contribution in [0, 0.1) is 11.8 Å². The third-order valence-corrected chi connectivity index (χ3v) is 7.60. The van der Waals surface area contributed by atoms with E-state index < -0.39 is 35.6 Å². The highest BCUT2D eigenvalue weighted by atomic mass is 16.6. The van der Waals surface area contributed by atoms with E-state index in [0.717, 1.165) is 38.5 Å². The van der Waals surface area contributed by atoms with Gasteiger partial charge in [0, 0.05) is 26.2 Å². The molecule has 8 nitrogen and oxygen atoms in total. The molecule has 2 unspecified atom stereocenters. The molecule has 0 aromatic carbocycles. The third kappa shape index (κ3) is 5.48. The number of aliphatic hydroxyl groups excluding tert-OH is 1. The number of carbonyl (C=O) groups excluding carboxylic acids is 3. The van der Waals surface area contributed by atoms with E-state index in [0.29, 0.717) is 39.0 Å². The zero-order valence-corrected chi connectivity index (χ0v) is 21.2. The zero-order chi connectivity index (χ0) is 25.4. The minimum atomic E-state index is -1.02. The van der Waals surface area contributed by atoms with Gasteiger partial charge in [0.15, 0.2) is 0 Å². The van der Waals surface area contributed by atoms with Crippen LogP contribution in [0.3, 0.4) is 0 Å². The van der Waals surface area contributed by atoms with Crippen LogP contribution in [0.15, 0.2) is 25.3 Å². The van der Waals surface area contributed by atoms with E-state index in [2.05, 4.69) is 20.1 Å². The highest BCUT2D eigenvalue weighted by Crippen LogP contribution is 2.58. The van der Waals surface area contributed by atoms with Gasteiger partial charge in [-0.25, -0.2) is 0 Å². The molecule has 196 valence electrons. The first-order chi connectivity index (χ1) is 17.0. The van der Waals surface area contributed by atoms with Crippen molar-refractivity contribution in [2.45, 2.75) is 82.5 Å². The van der Waals surface area contributed by atoms with E-state index in [1.165, 1.54) is 0 Å². The van der Waals surface area contributed by atoms with Gasteiger partial charge in [0.05, 0.1) is 24.5 Å². The van der Waals surface area contributed by atoms with E-state index in [4.69, 9.17) is 9.47 Å². The summed E-state index contributed by atoms with van der Waals surface area (Å²) >= 11 is 0. The molecular weight excluding hydrogens is 448 g/mol. The average molecular weight is 491 g/mol. The number of aliphatic hydroxyl groups is 1. The third-order valence-electron chi connectivity index (χ3n) is 7.60.